The van der Waals surface area contributed by atoms with Gasteiger partial charge in [0.25, 0.3) is 5.91 Å². The maximum atomic E-state index is 14.0. The van der Waals surface area contributed by atoms with Crippen LogP contribution in [0.1, 0.15) is 27.7 Å². The number of ketones is 1. The Morgan fingerprint density at radius 2 is 1.51 bits per heavy atom. The molecule has 0 aliphatic carbocycles. The minimum atomic E-state index is -1.03. The molecule has 200 valence electrons. The Labute approximate surface area is 224 Å². The summed E-state index contributed by atoms with van der Waals surface area (Å²) in [7, 11) is 5.93. The summed E-state index contributed by atoms with van der Waals surface area (Å²) >= 11 is 0. The number of methoxy groups -OCH3 is 4. The molecule has 5 rings (SSSR count). The number of benzene rings is 3. The molecule has 1 aromatic heterocycles. The highest BCUT2D eigenvalue weighted by Crippen LogP contribution is 2.47. The van der Waals surface area contributed by atoms with Crippen molar-refractivity contribution in [2.24, 2.45) is 0 Å². The standard InChI is InChI=1S/C30H27NO8/c1-16-9-11-19(12-10-16)31-25(18-14-22(36-3)29(38-5)23(15-18)37-4)24(27(33)30(31)34)26(32)21-13-17-7-6-8-20(35-2)28(17)39-21/h6-15,25,33H,1-5H3. The van der Waals surface area contributed by atoms with Gasteiger partial charge in [-0.05, 0) is 48.9 Å². The molecule has 39 heavy (non-hydrogen) atoms. The van der Waals surface area contributed by atoms with Crippen LogP contribution in [-0.4, -0.2) is 45.2 Å². The second-order valence-electron chi connectivity index (χ2n) is 8.95. The van der Waals surface area contributed by atoms with Crippen LogP contribution in [0.2, 0.25) is 0 Å². The van der Waals surface area contributed by atoms with Crippen LogP contribution < -0.4 is 23.8 Å². The highest BCUT2D eigenvalue weighted by molar-refractivity contribution is 6.20. The average molecular weight is 530 g/mol. The summed E-state index contributed by atoms with van der Waals surface area (Å²) in [5, 5.41) is 11.8. The monoisotopic (exact) mass is 529 g/mol. The van der Waals surface area contributed by atoms with E-state index in [-0.39, 0.29) is 11.3 Å². The molecule has 1 atom stereocenters. The fourth-order valence-electron chi connectivity index (χ4n) is 4.83. The van der Waals surface area contributed by atoms with E-state index in [0.717, 1.165) is 5.56 Å². The lowest BCUT2D eigenvalue weighted by Crippen LogP contribution is -2.31. The maximum absolute atomic E-state index is 14.0. The van der Waals surface area contributed by atoms with Crippen molar-refractivity contribution in [3.8, 4) is 23.0 Å². The molecule has 3 aromatic carbocycles. The first-order valence-corrected chi connectivity index (χ1v) is 12.1. The lowest BCUT2D eigenvalue weighted by molar-refractivity contribution is -0.117. The normalized spacial score (nSPS) is 15.2. The van der Waals surface area contributed by atoms with Crippen LogP contribution >= 0.6 is 0 Å². The Morgan fingerprint density at radius 3 is 2.10 bits per heavy atom. The molecule has 9 heteroatoms. The third-order valence-corrected chi connectivity index (χ3v) is 6.72. The summed E-state index contributed by atoms with van der Waals surface area (Å²) in [5.74, 6) is -0.638. The van der Waals surface area contributed by atoms with Gasteiger partial charge in [0.1, 0.15) is 0 Å². The molecular formula is C30H27NO8. The Balaban J connectivity index is 1.72. The van der Waals surface area contributed by atoms with Crippen LogP contribution in [0.3, 0.4) is 0 Å². The number of hydrogen-bond donors (Lipinski definition) is 1. The number of aliphatic hydroxyl groups excluding tert-OH is 1. The second-order valence-corrected chi connectivity index (χ2v) is 8.95. The molecule has 0 saturated heterocycles. The molecule has 1 unspecified atom stereocenters. The fourth-order valence-corrected chi connectivity index (χ4v) is 4.83. The fraction of sp³-hybridized carbons (Fsp3) is 0.200. The van der Waals surface area contributed by atoms with Crippen molar-refractivity contribution in [3.63, 3.8) is 0 Å². The van der Waals surface area contributed by atoms with Gasteiger partial charge < -0.3 is 28.5 Å². The van der Waals surface area contributed by atoms with Crippen LogP contribution in [-0.2, 0) is 4.79 Å². The third kappa shape index (κ3) is 4.21. The number of ether oxygens (including phenoxy) is 4. The molecule has 0 bridgehead atoms. The van der Waals surface area contributed by atoms with Crippen molar-refractivity contribution in [1.82, 2.24) is 0 Å². The van der Waals surface area contributed by atoms with Crippen LogP contribution in [0.5, 0.6) is 23.0 Å². The maximum Gasteiger partial charge on any atom is 0.294 e. The minimum absolute atomic E-state index is 0.0490. The number of hydrogen-bond acceptors (Lipinski definition) is 8. The Hall–Kier alpha value is -4.92. The van der Waals surface area contributed by atoms with Gasteiger partial charge in [0.15, 0.2) is 34.4 Å². The first-order valence-electron chi connectivity index (χ1n) is 12.1. The number of fused-ring (bicyclic) bond motifs is 1. The van der Waals surface area contributed by atoms with Gasteiger partial charge in [-0.1, -0.05) is 29.8 Å². The predicted molar refractivity (Wildman–Crippen MR) is 144 cm³/mol. The molecule has 0 radical (unpaired) electrons. The van der Waals surface area contributed by atoms with Gasteiger partial charge in [0, 0.05) is 11.1 Å². The predicted octanol–water partition coefficient (Wildman–Crippen LogP) is 5.56. The van der Waals surface area contributed by atoms with E-state index in [9.17, 15) is 14.7 Å². The summed E-state index contributed by atoms with van der Waals surface area (Å²) in [6, 6.07) is 16.3. The molecule has 2 heterocycles. The van der Waals surface area contributed by atoms with Gasteiger partial charge in [-0.15, -0.1) is 0 Å². The zero-order chi connectivity index (χ0) is 27.8. The van der Waals surface area contributed by atoms with Crippen molar-refractivity contribution in [1.29, 1.82) is 0 Å². The number of rotatable bonds is 8. The van der Waals surface area contributed by atoms with Gasteiger partial charge in [-0.25, -0.2) is 0 Å². The van der Waals surface area contributed by atoms with Crippen molar-refractivity contribution in [3.05, 3.63) is 88.9 Å². The Bertz CT molecular complexity index is 1590. The average Bonchev–Trinajstić information content (AvgIpc) is 3.51. The molecule has 1 aliphatic rings. The van der Waals surface area contributed by atoms with E-state index in [1.165, 1.54) is 33.3 Å². The smallest absolute Gasteiger partial charge is 0.294 e. The van der Waals surface area contributed by atoms with E-state index in [0.29, 0.717) is 45.2 Å². The number of aryl methyl sites for hydroxylation is 1. The van der Waals surface area contributed by atoms with E-state index in [4.69, 9.17) is 23.4 Å². The minimum Gasteiger partial charge on any atom is -0.503 e. The van der Waals surface area contributed by atoms with Crippen LogP contribution in [0.4, 0.5) is 5.69 Å². The Morgan fingerprint density at radius 1 is 0.872 bits per heavy atom. The van der Waals surface area contributed by atoms with Crippen molar-refractivity contribution in [2.75, 3.05) is 33.3 Å². The number of aliphatic hydroxyl groups is 1. The van der Waals surface area contributed by atoms with Crippen LogP contribution in [0.15, 0.2) is 76.4 Å². The number of amides is 1. The summed E-state index contributed by atoms with van der Waals surface area (Å²) < 4.78 is 27.8. The topological polar surface area (TPSA) is 108 Å². The summed E-state index contributed by atoms with van der Waals surface area (Å²) in [6.07, 6.45) is 0. The first-order chi connectivity index (χ1) is 18.8. The lowest BCUT2D eigenvalue weighted by Gasteiger charge is -2.28. The molecule has 0 fully saturated rings. The molecule has 0 spiro atoms. The summed E-state index contributed by atoms with van der Waals surface area (Å²) in [5.41, 5.74) is 2.17. The zero-order valence-electron chi connectivity index (χ0n) is 22.1. The quantitative estimate of drug-likeness (QED) is 0.296. The first kappa shape index (κ1) is 25.7. The lowest BCUT2D eigenvalue weighted by atomic mass is 9.94. The largest absolute Gasteiger partial charge is 0.503 e. The molecule has 1 amide bonds. The number of Topliss-reactive ketones (excluding diaryl/α,β-unsaturated/α-hetero) is 1. The van der Waals surface area contributed by atoms with Gasteiger partial charge in [0.2, 0.25) is 11.5 Å². The molecular weight excluding hydrogens is 502 g/mol. The van der Waals surface area contributed by atoms with E-state index >= 15 is 0 Å². The molecule has 0 saturated carbocycles. The van der Waals surface area contributed by atoms with Gasteiger partial charge >= 0.3 is 0 Å². The molecule has 1 aliphatic heterocycles. The zero-order valence-corrected chi connectivity index (χ0v) is 22.1. The SMILES string of the molecule is COc1cc(C2C(C(=O)c3cc4cccc(OC)c4o3)=C(O)C(=O)N2c2ccc(C)cc2)cc(OC)c1OC. The second kappa shape index (κ2) is 10.1. The van der Waals surface area contributed by atoms with E-state index in [2.05, 4.69) is 0 Å². The van der Waals surface area contributed by atoms with Crippen molar-refractivity contribution < 1.29 is 38.1 Å². The highest BCUT2D eigenvalue weighted by atomic mass is 16.5. The van der Waals surface area contributed by atoms with Crippen molar-refractivity contribution in [2.45, 2.75) is 13.0 Å². The number of carbonyl (C=O) groups is 2. The highest BCUT2D eigenvalue weighted by Gasteiger charge is 2.46. The van der Waals surface area contributed by atoms with E-state index in [1.807, 2.05) is 19.1 Å². The number of anilines is 1. The van der Waals surface area contributed by atoms with Crippen LogP contribution in [0, 0.1) is 6.92 Å². The number of nitrogens with zero attached hydrogens (tertiary/aromatic N) is 1. The number of para-hydroxylation sites is 1. The van der Waals surface area contributed by atoms with Gasteiger partial charge in [-0.2, -0.15) is 0 Å². The van der Waals surface area contributed by atoms with Crippen molar-refractivity contribution >= 4 is 28.3 Å². The molecule has 4 aromatic rings. The molecule has 1 N–H and O–H groups in total. The summed E-state index contributed by atoms with van der Waals surface area (Å²) in [4.78, 5) is 28.9. The summed E-state index contributed by atoms with van der Waals surface area (Å²) in [6.45, 7) is 1.92. The number of furan rings is 1. The Kier molecular flexibility index (Phi) is 6.66. The van der Waals surface area contributed by atoms with E-state index < -0.39 is 23.5 Å². The third-order valence-electron chi connectivity index (χ3n) is 6.72. The van der Waals surface area contributed by atoms with E-state index in [1.54, 1.807) is 48.5 Å². The molecule has 9 nitrogen and oxygen atoms in total. The van der Waals surface area contributed by atoms with Gasteiger partial charge in [-0.3, -0.25) is 14.5 Å². The number of carbonyl (C=O) groups excluding carboxylic acids is 2. The van der Waals surface area contributed by atoms with Gasteiger partial charge in [0.05, 0.1) is 40.1 Å². The van der Waals surface area contributed by atoms with Crippen LogP contribution in [0.25, 0.3) is 11.0 Å².